The molecule has 0 amide bonds. The molecule has 3 atom stereocenters. The van der Waals surface area contributed by atoms with Gasteiger partial charge in [0.25, 0.3) is 0 Å². The number of Topliss-reactive ketones (excluding diaryl/α,β-unsaturated/α-hetero) is 1. The zero-order chi connectivity index (χ0) is 18.7. The van der Waals surface area contributed by atoms with E-state index < -0.39 is 0 Å². The number of hydrogen-bond acceptors (Lipinski definition) is 6. The van der Waals surface area contributed by atoms with E-state index >= 15 is 0 Å². The van der Waals surface area contributed by atoms with Crippen molar-refractivity contribution in [2.75, 3.05) is 38.1 Å². The van der Waals surface area contributed by atoms with E-state index in [1.165, 1.54) is 0 Å². The monoisotopic (exact) mass is 374 g/mol. The fraction of sp³-hybridized carbons (Fsp3) is 0.750. The second-order valence-corrected chi connectivity index (χ2v) is 10.1. The predicted octanol–water partition coefficient (Wildman–Crippen LogP) is 3.02. The molecule has 0 aromatic carbocycles. The highest BCUT2D eigenvalue weighted by Crippen LogP contribution is 2.67. The molecule has 3 fully saturated rings. The zero-order valence-electron chi connectivity index (χ0n) is 16.6. The Morgan fingerprint density at radius 3 is 2.46 bits per heavy atom. The summed E-state index contributed by atoms with van der Waals surface area (Å²) in [4.78, 5) is 27.2. The Bertz CT molecular complexity index is 729. The molecule has 26 heavy (non-hydrogen) atoms. The maximum atomic E-state index is 13.0. The van der Waals surface area contributed by atoms with Gasteiger partial charge in [0.05, 0.1) is 5.25 Å². The summed E-state index contributed by atoms with van der Waals surface area (Å²) in [7, 11) is 2.16. The molecule has 0 radical (unpaired) electrons. The third-order valence-electron chi connectivity index (χ3n) is 7.35. The fourth-order valence-electron chi connectivity index (χ4n) is 5.06. The topological polar surface area (TPSA) is 49.3 Å². The second-order valence-electron chi connectivity index (χ2n) is 9.07. The number of ketones is 1. The molecule has 2 aliphatic carbocycles. The second kappa shape index (κ2) is 6.20. The molecule has 6 heteroatoms. The third kappa shape index (κ3) is 2.68. The third-order valence-corrected chi connectivity index (χ3v) is 8.73. The highest BCUT2D eigenvalue weighted by Gasteiger charge is 2.66. The average Bonchev–Trinajstić information content (AvgIpc) is 2.89. The summed E-state index contributed by atoms with van der Waals surface area (Å²) in [5.74, 6) is 1.63. The lowest BCUT2D eigenvalue weighted by Crippen LogP contribution is -2.45. The molecule has 4 rings (SSSR count). The number of piperazine rings is 1. The van der Waals surface area contributed by atoms with Gasteiger partial charge in [-0.05, 0) is 37.6 Å². The summed E-state index contributed by atoms with van der Waals surface area (Å²) < 4.78 is 0. The molecular weight excluding hydrogens is 344 g/mol. The van der Waals surface area contributed by atoms with Gasteiger partial charge in [-0.3, -0.25) is 4.79 Å². The Balaban J connectivity index is 1.58. The number of thioether (sulfide) groups is 1. The highest BCUT2D eigenvalue weighted by atomic mass is 32.2. The number of aromatic nitrogens is 2. The molecule has 142 valence electrons. The normalized spacial score (nSPS) is 33.9. The average molecular weight is 375 g/mol. The quantitative estimate of drug-likeness (QED) is 0.758. The standard InChI is InChI=1S/C20H30N4OS/c1-13-12-15(24-10-8-23(5)9-11-24)22-18(21-13)26-17-16(25)14-6-7-20(17,4)19(14,2)3/h12,14,17H,6-11H2,1-5H3/t14-,17-,20+/m1/s1. The lowest BCUT2D eigenvalue weighted by Gasteiger charge is -2.37. The van der Waals surface area contributed by atoms with E-state index in [0.717, 1.165) is 55.7 Å². The van der Waals surface area contributed by atoms with Gasteiger partial charge >= 0.3 is 0 Å². The van der Waals surface area contributed by atoms with Crippen LogP contribution < -0.4 is 4.90 Å². The van der Waals surface area contributed by atoms with Crippen molar-refractivity contribution in [3.05, 3.63) is 11.8 Å². The van der Waals surface area contributed by atoms with Crippen molar-refractivity contribution in [3.8, 4) is 0 Å². The van der Waals surface area contributed by atoms with E-state index in [4.69, 9.17) is 4.98 Å². The van der Waals surface area contributed by atoms with Gasteiger partial charge in [-0.15, -0.1) is 0 Å². The molecule has 1 saturated heterocycles. The van der Waals surface area contributed by atoms with Gasteiger partial charge in [-0.1, -0.05) is 32.5 Å². The van der Waals surface area contributed by atoms with Crippen LogP contribution >= 0.6 is 11.8 Å². The molecule has 3 aliphatic rings. The minimum atomic E-state index is -0.0154. The van der Waals surface area contributed by atoms with Gasteiger partial charge in [0.1, 0.15) is 11.6 Å². The highest BCUT2D eigenvalue weighted by molar-refractivity contribution is 8.00. The van der Waals surface area contributed by atoms with Crippen molar-refractivity contribution in [1.29, 1.82) is 0 Å². The van der Waals surface area contributed by atoms with Crippen molar-refractivity contribution in [3.63, 3.8) is 0 Å². The zero-order valence-corrected chi connectivity index (χ0v) is 17.4. The van der Waals surface area contributed by atoms with Crippen LogP contribution in [0.3, 0.4) is 0 Å². The van der Waals surface area contributed by atoms with Gasteiger partial charge in [-0.25, -0.2) is 9.97 Å². The lowest BCUT2D eigenvalue weighted by molar-refractivity contribution is -0.122. The molecule has 2 heterocycles. The summed E-state index contributed by atoms with van der Waals surface area (Å²) in [6, 6.07) is 2.07. The largest absolute Gasteiger partial charge is 0.354 e. The maximum Gasteiger partial charge on any atom is 0.190 e. The maximum absolute atomic E-state index is 13.0. The van der Waals surface area contributed by atoms with Crippen molar-refractivity contribution >= 4 is 23.4 Å². The number of fused-ring (bicyclic) bond motifs is 2. The first-order valence-electron chi connectivity index (χ1n) is 9.72. The first-order chi connectivity index (χ1) is 12.2. The molecule has 5 nitrogen and oxygen atoms in total. The van der Waals surface area contributed by atoms with Crippen LogP contribution in [0.5, 0.6) is 0 Å². The van der Waals surface area contributed by atoms with Crippen LogP contribution in [-0.4, -0.2) is 59.1 Å². The van der Waals surface area contributed by atoms with Gasteiger partial charge < -0.3 is 9.80 Å². The number of aryl methyl sites for hydroxylation is 1. The van der Waals surface area contributed by atoms with E-state index in [1.807, 2.05) is 6.92 Å². The molecule has 1 aromatic rings. The number of hydrogen-bond donors (Lipinski definition) is 0. The van der Waals surface area contributed by atoms with Gasteiger partial charge in [0.15, 0.2) is 5.16 Å². The number of nitrogens with zero attached hydrogens (tertiary/aromatic N) is 4. The van der Waals surface area contributed by atoms with Crippen LogP contribution in [0.25, 0.3) is 0 Å². The number of anilines is 1. The van der Waals surface area contributed by atoms with E-state index in [1.54, 1.807) is 11.8 Å². The van der Waals surface area contributed by atoms with Crippen LogP contribution in [0, 0.1) is 23.7 Å². The molecule has 0 N–H and O–H groups in total. The van der Waals surface area contributed by atoms with Gasteiger partial charge in [0.2, 0.25) is 0 Å². The molecule has 1 aliphatic heterocycles. The summed E-state index contributed by atoms with van der Waals surface area (Å²) in [6.45, 7) is 13.0. The number of rotatable bonds is 3. The molecule has 2 saturated carbocycles. The van der Waals surface area contributed by atoms with E-state index in [-0.39, 0.29) is 22.0 Å². The Kier molecular flexibility index (Phi) is 4.35. The minimum Gasteiger partial charge on any atom is -0.354 e. The van der Waals surface area contributed by atoms with Crippen LogP contribution in [0.1, 0.15) is 39.3 Å². The van der Waals surface area contributed by atoms with Crippen LogP contribution in [-0.2, 0) is 4.79 Å². The minimum absolute atomic E-state index is 0.0154. The molecular formula is C20H30N4OS. The Morgan fingerprint density at radius 2 is 1.85 bits per heavy atom. The van der Waals surface area contributed by atoms with E-state index in [0.29, 0.717) is 5.78 Å². The SMILES string of the molecule is Cc1cc(N2CCN(C)CC2)nc(S[C@@H]2C(=O)[C@H]3CC[C@]2(C)C3(C)C)n1. The Labute approximate surface area is 160 Å². The Hall–Kier alpha value is -1.14. The van der Waals surface area contributed by atoms with Crippen molar-refractivity contribution in [2.45, 2.75) is 50.9 Å². The number of carbonyl (C=O) groups is 1. The fourth-order valence-corrected chi connectivity index (χ4v) is 6.57. The molecule has 2 bridgehead atoms. The molecule has 0 unspecified atom stereocenters. The van der Waals surface area contributed by atoms with E-state index in [2.05, 4.69) is 48.7 Å². The van der Waals surface area contributed by atoms with Gasteiger partial charge in [-0.2, -0.15) is 0 Å². The number of carbonyl (C=O) groups excluding carboxylic acids is 1. The summed E-state index contributed by atoms with van der Waals surface area (Å²) in [5, 5.41) is 0.750. The van der Waals surface area contributed by atoms with Crippen molar-refractivity contribution in [2.24, 2.45) is 16.7 Å². The first-order valence-corrected chi connectivity index (χ1v) is 10.6. The van der Waals surface area contributed by atoms with Crippen LogP contribution in [0.15, 0.2) is 11.2 Å². The van der Waals surface area contributed by atoms with Gasteiger partial charge in [0, 0.05) is 43.9 Å². The van der Waals surface area contributed by atoms with E-state index in [9.17, 15) is 4.79 Å². The van der Waals surface area contributed by atoms with Crippen molar-refractivity contribution in [1.82, 2.24) is 14.9 Å². The summed E-state index contributed by atoms with van der Waals surface area (Å²) >= 11 is 1.61. The Morgan fingerprint density at radius 1 is 1.15 bits per heavy atom. The smallest absolute Gasteiger partial charge is 0.190 e. The van der Waals surface area contributed by atoms with Crippen LogP contribution in [0.2, 0.25) is 0 Å². The predicted molar refractivity (Wildman–Crippen MR) is 106 cm³/mol. The molecule has 1 aromatic heterocycles. The molecule has 0 spiro atoms. The first kappa shape index (κ1) is 18.2. The summed E-state index contributed by atoms with van der Waals surface area (Å²) in [5.41, 5.74) is 1.10. The van der Waals surface area contributed by atoms with Crippen LogP contribution in [0.4, 0.5) is 5.82 Å². The summed E-state index contributed by atoms with van der Waals surface area (Å²) in [6.07, 6.45) is 2.17. The lowest BCUT2D eigenvalue weighted by atomic mass is 9.71. The number of likely N-dealkylation sites (N-methyl/N-ethyl adjacent to an activating group) is 1. The van der Waals surface area contributed by atoms with Crippen molar-refractivity contribution < 1.29 is 4.79 Å².